The van der Waals surface area contributed by atoms with Gasteiger partial charge in [0.1, 0.15) is 11.8 Å². The van der Waals surface area contributed by atoms with Gasteiger partial charge in [-0.05, 0) is 35.0 Å². The average molecular weight is 308 g/mol. The van der Waals surface area contributed by atoms with Crippen LogP contribution in [0.1, 0.15) is 0 Å². The highest BCUT2D eigenvalue weighted by atomic mass is 16.3. The molecule has 0 amide bonds. The standard InChI is InChI=1S/C21H12N2O/c1-2-6-13-10-17-15(9-12(13)5-1)20-19-18(22-17)11-24-21(19)14-7-3-4-8-16(14)23-20/h1-11,22H. The molecule has 3 heteroatoms. The van der Waals surface area contributed by atoms with E-state index in [9.17, 15) is 0 Å². The Bertz CT molecular complexity index is 1280. The summed E-state index contributed by atoms with van der Waals surface area (Å²) in [6.45, 7) is 0. The first kappa shape index (κ1) is 12.1. The second-order valence-electron chi connectivity index (χ2n) is 6.20. The number of hydrogen-bond donors (Lipinski definition) is 1. The summed E-state index contributed by atoms with van der Waals surface area (Å²) in [5, 5.41) is 8.05. The summed E-state index contributed by atoms with van der Waals surface area (Å²) >= 11 is 0. The van der Waals surface area contributed by atoms with Crippen LogP contribution in [0.3, 0.4) is 0 Å². The highest BCUT2D eigenvalue weighted by Gasteiger charge is 2.24. The molecule has 1 aliphatic heterocycles. The van der Waals surface area contributed by atoms with E-state index in [1.165, 1.54) is 10.8 Å². The molecule has 3 heterocycles. The first-order valence-corrected chi connectivity index (χ1v) is 7.99. The minimum absolute atomic E-state index is 0.900. The van der Waals surface area contributed by atoms with E-state index >= 15 is 0 Å². The van der Waals surface area contributed by atoms with Gasteiger partial charge in [0, 0.05) is 16.6 Å². The van der Waals surface area contributed by atoms with Crippen molar-refractivity contribution in [3.63, 3.8) is 0 Å². The molecule has 0 aliphatic carbocycles. The predicted octanol–water partition coefficient (Wildman–Crippen LogP) is 5.86. The minimum Gasteiger partial charge on any atom is -0.461 e. The van der Waals surface area contributed by atoms with E-state index in [0.29, 0.717) is 0 Å². The summed E-state index contributed by atoms with van der Waals surface area (Å²) in [5.41, 5.74) is 6.04. The summed E-state index contributed by atoms with van der Waals surface area (Å²) in [6, 6.07) is 20.9. The van der Waals surface area contributed by atoms with Crippen LogP contribution in [0.2, 0.25) is 0 Å². The lowest BCUT2D eigenvalue weighted by Gasteiger charge is -2.19. The molecule has 3 aromatic carbocycles. The molecule has 6 rings (SSSR count). The monoisotopic (exact) mass is 308 g/mol. The zero-order valence-corrected chi connectivity index (χ0v) is 12.7. The van der Waals surface area contributed by atoms with Gasteiger partial charge in [-0.3, -0.25) is 0 Å². The fraction of sp³-hybridized carbons (Fsp3) is 0. The minimum atomic E-state index is 0.900. The molecule has 24 heavy (non-hydrogen) atoms. The van der Waals surface area contributed by atoms with Gasteiger partial charge in [-0.25, -0.2) is 4.98 Å². The van der Waals surface area contributed by atoms with Crippen LogP contribution in [0.4, 0.5) is 11.4 Å². The van der Waals surface area contributed by atoms with E-state index in [4.69, 9.17) is 9.40 Å². The number of hydrogen-bond acceptors (Lipinski definition) is 3. The molecular weight excluding hydrogens is 296 g/mol. The maximum absolute atomic E-state index is 5.90. The smallest absolute Gasteiger partial charge is 0.147 e. The number of nitrogens with one attached hydrogen (secondary N) is 1. The Balaban J connectivity index is 1.81. The second kappa shape index (κ2) is 4.15. The molecule has 0 saturated carbocycles. The van der Waals surface area contributed by atoms with Gasteiger partial charge in [-0.2, -0.15) is 0 Å². The third kappa shape index (κ3) is 1.44. The Morgan fingerprint density at radius 2 is 1.62 bits per heavy atom. The third-order valence-corrected chi connectivity index (χ3v) is 4.82. The molecule has 5 aromatic rings. The molecule has 0 spiro atoms. The summed E-state index contributed by atoms with van der Waals surface area (Å²) in [7, 11) is 0. The summed E-state index contributed by atoms with van der Waals surface area (Å²) in [4.78, 5) is 4.95. The molecule has 0 atom stereocenters. The van der Waals surface area contributed by atoms with Crippen LogP contribution in [-0.2, 0) is 0 Å². The van der Waals surface area contributed by atoms with Crippen molar-refractivity contribution < 1.29 is 4.42 Å². The van der Waals surface area contributed by atoms with Crippen LogP contribution < -0.4 is 5.32 Å². The number of pyridine rings is 1. The lowest BCUT2D eigenvalue weighted by Crippen LogP contribution is -2.01. The molecular formula is C21H12N2O. The Hall–Kier alpha value is -3.33. The van der Waals surface area contributed by atoms with Gasteiger partial charge in [-0.15, -0.1) is 0 Å². The summed E-state index contributed by atoms with van der Waals surface area (Å²) in [5.74, 6) is 0. The van der Waals surface area contributed by atoms with Crippen molar-refractivity contribution in [2.45, 2.75) is 0 Å². The zero-order chi connectivity index (χ0) is 15.7. The van der Waals surface area contributed by atoms with Crippen molar-refractivity contribution in [1.29, 1.82) is 0 Å². The number of nitrogens with zero attached hydrogens (tertiary/aromatic N) is 1. The number of fused-ring (bicyclic) bond motifs is 5. The van der Waals surface area contributed by atoms with Gasteiger partial charge in [0.05, 0.1) is 22.3 Å². The summed E-state index contributed by atoms with van der Waals surface area (Å²) in [6.07, 6.45) is 1.79. The zero-order valence-electron chi connectivity index (χ0n) is 12.7. The topological polar surface area (TPSA) is 38.1 Å². The first-order chi connectivity index (χ1) is 11.9. The molecule has 0 bridgehead atoms. The fourth-order valence-electron chi connectivity index (χ4n) is 3.70. The van der Waals surface area contributed by atoms with Gasteiger partial charge in [0.25, 0.3) is 0 Å². The van der Waals surface area contributed by atoms with Crippen LogP contribution in [0.15, 0.2) is 71.3 Å². The van der Waals surface area contributed by atoms with Crippen molar-refractivity contribution in [3.8, 4) is 11.3 Å². The van der Waals surface area contributed by atoms with E-state index in [-0.39, 0.29) is 0 Å². The first-order valence-electron chi connectivity index (χ1n) is 7.99. The van der Waals surface area contributed by atoms with E-state index in [1.807, 2.05) is 18.2 Å². The Labute approximate surface area is 137 Å². The molecule has 112 valence electrons. The van der Waals surface area contributed by atoms with Gasteiger partial charge in [-0.1, -0.05) is 36.4 Å². The third-order valence-electron chi connectivity index (χ3n) is 4.82. The molecule has 1 N–H and O–H groups in total. The van der Waals surface area contributed by atoms with Crippen molar-refractivity contribution in [2.75, 3.05) is 5.32 Å². The quantitative estimate of drug-likeness (QED) is 0.382. The van der Waals surface area contributed by atoms with Crippen LogP contribution in [-0.4, -0.2) is 4.98 Å². The van der Waals surface area contributed by atoms with E-state index in [2.05, 4.69) is 47.8 Å². The van der Waals surface area contributed by atoms with Crippen molar-refractivity contribution in [1.82, 2.24) is 4.98 Å². The lowest BCUT2D eigenvalue weighted by molar-refractivity contribution is 0.620. The average Bonchev–Trinajstić information content (AvgIpc) is 3.05. The fourth-order valence-corrected chi connectivity index (χ4v) is 3.70. The number of furan rings is 1. The predicted molar refractivity (Wildman–Crippen MR) is 97.7 cm³/mol. The van der Waals surface area contributed by atoms with E-state index < -0.39 is 0 Å². The number of benzene rings is 3. The molecule has 0 fully saturated rings. The van der Waals surface area contributed by atoms with Crippen molar-refractivity contribution in [2.24, 2.45) is 0 Å². The van der Waals surface area contributed by atoms with Gasteiger partial charge in [0.15, 0.2) is 0 Å². The summed E-state index contributed by atoms with van der Waals surface area (Å²) < 4.78 is 5.90. The van der Waals surface area contributed by atoms with Crippen molar-refractivity contribution >= 4 is 44.0 Å². The van der Waals surface area contributed by atoms with Gasteiger partial charge < -0.3 is 9.73 Å². The Morgan fingerprint density at radius 3 is 2.54 bits per heavy atom. The Kier molecular flexibility index (Phi) is 2.10. The number of rotatable bonds is 0. The number of aromatic nitrogens is 1. The molecule has 3 nitrogen and oxygen atoms in total. The lowest BCUT2D eigenvalue weighted by atomic mass is 9.96. The molecule has 0 unspecified atom stereocenters. The normalized spacial score (nSPS) is 12.5. The molecule has 1 aliphatic rings. The van der Waals surface area contributed by atoms with Gasteiger partial charge in [0.2, 0.25) is 0 Å². The largest absolute Gasteiger partial charge is 0.461 e. The SMILES string of the molecule is c1ccc2cc3c(cc2c1)Nc1coc2c1c-3nc1ccccc12. The maximum Gasteiger partial charge on any atom is 0.147 e. The highest BCUT2D eigenvalue weighted by molar-refractivity contribution is 6.17. The van der Waals surface area contributed by atoms with Crippen LogP contribution >= 0.6 is 0 Å². The van der Waals surface area contributed by atoms with Crippen LogP contribution in [0, 0.1) is 0 Å². The van der Waals surface area contributed by atoms with E-state index in [1.54, 1.807) is 6.26 Å². The van der Waals surface area contributed by atoms with Gasteiger partial charge >= 0.3 is 0 Å². The second-order valence-corrected chi connectivity index (χ2v) is 6.20. The van der Waals surface area contributed by atoms with Crippen LogP contribution in [0.5, 0.6) is 0 Å². The number of para-hydroxylation sites is 1. The molecule has 2 aromatic heterocycles. The van der Waals surface area contributed by atoms with Crippen LogP contribution in [0.25, 0.3) is 43.9 Å². The maximum atomic E-state index is 5.90. The molecule has 0 saturated heterocycles. The Morgan fingerprint density at radius 1 is 0.833 bits per heavy atom. The number of anilines is 2. The van der Waals surface area contributed by atoms with Crippen molar-refractivity contribution in [3.05, 3.63) is 66.9 Å². The van der Waals surface area contributed by atoms with E-state index in [0.717, 1.165) is 44.5 Å². The molecule has 0 radical (unpaired) electrons. The highest BCUT2D eigenvalue weighted by Crippen LogP contribution is 2.46.